The maximum Gasteiger partial charge on any atom is 0.407 e. The van der Waals surface area contributed by atoms with Crippen LogP contribution >= 0.6 is 0 Å². The van der Waals surface area contributed by atoms with Crippen molar-refractivity contribution in [2.75, 3.05) is 13.2 Å². The van der Waals surface area contributed by atoms with E-state index in [0.29, 0.717) is 0 Å². The Morgan fingerprint density at radius 2 is 1.76 bits per heavy atom. The normalized spacial score (nSPS) is 14.1. The summed E-state index contributed by atoms with van der Waals surface area (Å²) in [5, 5.41) is 14.4. The Balaban J connectivity index is 1.64. The number of nitrogens with zero attached hydrogens (tertiary/aromatic N) is 3. The highest BCUT2D eigenvalue weighted by molar-refractivity contribution is 5.81. The van der Waals surface area contributed by atoms with Crippen LogP contribution < -0.4 is 5.32 Å². The van der Waals surface area contributed by atoms with Gasteiger partial charge in [-0.25, -0.2) is 14.0 Å². The fraction of sp³-hybridized carbons (Fsp3) is 0.300. The fourth-order valence-electron chi connectivity index (χ4n) is 3.46. The van der Waals surface area contributed by atoms with Gasteiger partial charge in [0.05, 0.1) is 6.54 Å². The Bertz CT molecular complexity index is 916. The van der Waals surface area contributed by atoms with Crippen LogP contribution in [0.25, 0.3) is 21.6 Å². The van der Waals surface area contributed by atoms with Gasteiger partial charge < -0.3 is 15.2 Å². The second-order valence-electron chi connectivity index (χ2n) is 6.61. The van der Waals surface area contributed by atoms with Crippen LogP contribution in [0.3, 0.4) is 0 Å². The van der Waals surface area contributed by atoms with Crippen LogP contribution in [-0.2, 0) is 9.53 Å². The van der Waals surface area contributed by atoms with Crippen LogP contribution in [0.1, 0.15) is 23.5 Å². The topological polar surface area (TPSA) is 124 Å². The minimum atomic E-state index is -1.69. The van der Waals surface area contributed by atoms with Crippen molar-refractivity contribution >= 4 is 12.1 Å². The van der Waals surface area contributed by atoms with Gasteiger partial charge in [0.1, 0.15) is 18.8 Å². The number of alkyl halides is 1. The molecule has 3 rings (SSSR count). The lowest BCUT2D eigenvalue weighted by atomic mass is 9.98. The van der Waals surface area contributed by atoms with Gasteiger partial charge in [0.2, 0.25) is 0 Å². The molecule has 1 aliphatic carbocycles. The molecule has 0 aliphatic heterocycles. The molecule has 2 aromatic rings. The van der Waals surface area contributed by atoms with Gasteiger partial charge in [0.25, 0.3) is 0 Å². The average molecular weight is 398 g/mol. The first kappa shape index (κ1) is 20.2. The number of fused-ring (bicyclic) bond motifs is 3. The second kappa shape index (κ2) is 9.07. The number of benzene rings is 2. The lowest BCUT2D eigenvalue weighted by molar-refractivity contribution is -0.139. The lowest BCUT2D eigenvalue weighted by Crippen LogP contribution is -2.43. The molecule has 0 saturated carbocycles. The van der Waals surface area contributed by atoms with Gasteiger partial charge in [-0.05, 0) is 27.8 Å². The molecule has 29 heavy (non-hydrogen) atoms. The van der Waals surface area contributed by atoms with Crippen LogP contribution in [-0.4, -0.2) is 42.5 Å². The number of alkyl carbamates (subject to hydrolysis) is 1. The molecule has 8 nitrogen and oxygen atoms in total. The largest absolute Gasteiger partial charge is 0.480 e. The van der Waals surface area contributed by atoms with E-state index < -0.39 is 37.2 Å². The first-order valence-corrected chi connectivity index (χ1v) is 9.00. The minimum absolute atomic E-state index is 0.0178. The van der Waals surface area contributed by atoms with Crippen LogP contribution in [0.5, 0.6) is 0 Å². The molecule has 2 N–H and O–H groups in total. The first-order chi connectivity index (χ1) is 14.0. The highest BCUT2D eigenvalue weighted by Gasteiger charge is 2.30. The van der Waals surface area contributed by atoms with Crippen LogP contribution in [0, 0.1) is 0 Å². The number of carboxylic acid groups (broad SMARTS) is 1. The predicted molar refractivity (Wildman–Crippen MR) is 103 cm³/mol. The zero-order valence-electron chi connectivity index (χ0n) is 15.4. The smallest absolute Gasteiger partial charge is 0.407 e. The summed E-state index contributed by atoms with van der Waals surface area (Å²) in [5.41, 5.74) is 12.4. The van der Waals surface area contributed by atoms with E-state index >= 15 is 0 Å². The number of carbonyl (C=O) groups excluding carboxylic acids is 1. The quantitative estimate of drug-likeness (QED) is 0.396. The van der Waals surface area contributed by atoms with Gasteiger partial charge >= 0.3 is 12.1 Å². The van der Waals surface area contributed by atoms with E-state index in [9.17, 15) is 19.1 Å². The molecule has 0 fully saturated rings. The number of azide groups is 1. The van der Waals surface area contributed by atoms with E-state index in [1.165, 1.54) is 0 Å². The maximum atomic E-state index is 13.7. The van der Waals surface area contributed by atoms with E-state index in [-0.39, 0.29) is 12.5 Å². The number of carboxylic acids is 1. The van der Waals surface area contributed by atoms with Crippen LogP contribution in [0.15, 0.2) is 53.6 Å². The van der Waals surface area contributed by atoms with Crippen molar-refractivity contribution in [2.24, 2.45) is 5.11 Å². The number of halogens is 1. The standard InChI is InChI=1S/C20H19FN4O4/c21-12(10-23-25-22)9-18(19(26)27)24-20(28)29-11-17-15-7-3-1-5-13(15)14-6-2-4-8-16(14)17/h1-8,12,17-18H,9-11H2,(H,24,28)(H,26,27)/t12-,18+/m1/s1. The molecule has 0 aromatic heterocycles. The van der Waals surface area contributed by atoms with Gasteiger partial charge in [-0.1, -0.05) is 53.6 Å². The molecule has 0 unspecified atom stereocenters. The molecule has 1 aliphatic rings. The summed E-state index contributed by atoms with van der Waals surface area (Å²) in [7, 11) is 0. The fourth-order valence-corrected chi connectivity index (χ4v) is 3.46. The maximum absolute atomic E-state index is 13.7. The number of rotatable bonds is 8. The lowest BCUT2D eigenvalue weighted by Gasteiger charge is -2.18. The monoisotopic (exact) mass is 398 g/mol. The summed E-state index contributed by atoms with van der Waals surface area (Å²) < 4.78 is 19.0. The van der Waals surface area contributed by atoms with E-state index in [1.807, 2.05) is 48.5 Å². The summed E-state index contributed by atoms with van der Waals surface area (Å²) in [6.45, 7) is -0.489. The van der Waals surface area contributed by atoms with E-state index in [1.54, 1.807) is 0 Å². The molecule has 0 bridgehead atoms. The van der Waals surface area contributed by atoms with E-state index in [4.69, 9.17) is 10.3 Å². The summed E-state index contributed by atoms with van der Waals surface area (Å²) in [6.07, 6.45) is -3.17. The van der Waals surface area contributed by atoms with E-state index in [0.717, 1.165) is 22.3 Å². The van der Waals surface area contributed by atoms with Gasteiger partial charge in [0.15, 0.2) is 0 Å². The van der Waals surface area contributed by atoms with Crippen LogP contribution in [0.2, 0.25) is 0 Å². The third-order valence-corrected chi connectivity index (χ3v) is 4.77. The van der Waals surface area contributed by atoms with Crippen molar-refractivity contribution in [3.8, 4) is 11.1 Å². The third kappa shape index (κ3) is 4.64. The highest BCUT2D eigenvalue weighted by Crippen LogP contribution is 2.44. The van der Waals surface area contributed by atoms with Crippen molar-refractivity contribution in [1.82, 2.24) is 5.32 Å². The number of ether oxygens (including phenoxy) is 1. The number of hydrogen-bond donors (Lipinski definition) is 2. The molecular weight excluding hydrogens is 379 g/mol. The Hall–Kier alpha value is -3.58. The molecule has 9 heteroatoms. The zero-order chi connectivity index (χ0) is 20.8. The number of nitrogens with one attached hydrogen (secondary N) is 1. The highest BCUT2D eigenvalue weighted by atomic mass is 19.1. The molecule has 0 spiro atoms. The summed E-state index contributed by atoms with van der Waals surface area (Å²) in [5.74, 6) is -1.57. The van der Waals surface area contributed by atoms with Crippen molar-refractivity contribution in [2.45, 2.75) is 24.6 Å². The van der Waals surface area contributed by atoms with Crippen LogP contribution in [0.4, 0.5) is 9.18 Å². The van der Waals surface area contributed by atoms with Gasteiger partial charge in [-0.15, -0.1) is 0 Å². The molecule has 0 saturated heterocycles. The summed E-state index contributed by atoms with van der Waals surface area (Å²) in [4.78, 5) is 25.8. The molecule has 1 amide bonds. The molecule has 0 heterocycles. The Morgan fingerprint density at radius 3 is 2.31 bits per heavy atom. The molecule has 2 atom stereocenters. The van der Waals surface area contributed by atoms with Gasteiger partial charge in [-0.2, -0.15) is 0 Å². The van der Waals surface area contributed by atoms with E-state index in [2.05, 4.69) is 15.3 Å². The Morgan fingerprint density at radius 1 is 1.17 bits per heavy atom. The first-order valence-electron chi connectivity index (χ1n) is 9.00. The molecule has 0 radical (unpaired) electrons. The van der Waals surface area contributed by atoms with Crippen molar-refractivity contribution in [3.05, 3.63) is 70.1 Å². The number of hydrogen-bond acceptors (Lipinski definition) is 4. The number of carbonyl (C=O) groups is 2. The van der Waals surface area contributed by atoms with Crippen molar-refractivity contribution in [3.63, 3.8) is 0 Å². The molecular formula is C20H19FN4O4. The summed E-state index contributed by atoms with van der Waals surface area (Å²) in [6, 6.07) is 14.1. The summed E-state index contributed by atoms with van der Waals surface area (Å²) >= 11 is 0. The Kier molecular flexibility index (Phi) is 6.31. The van der Waals surface area contributed by atoms with Gasteiger partial charge in [-0.3, -0.25) is 0 Å². The number of aliphatic carboxylic acids is 1. The average Bonchev–Trinajstić information content (AvgIpc) is 3.04. The Labute approximate surface area is 165 Å². The van der Waals surface area contributed by atoms with Gasteiger partial charge in [0, 0.05) is 17.3 Å². The third-order valence-electron chi connectivity index (χ3n) is 4.77. The second-order valence-corrected chi connectivity index (χ2v) is 6.61. The zero-order valence-corrected chi connectivity index (χ0v) is 15.4. The molecule has 2 aromatic carbocycles. The number of amides is 1. The van der Waals surface area contributed by atoms with Crippen molar-refractivity contribution < 1.29 is 23.8 Å². The van der Waals surface area contributed by atoms with Crippen molar-refractivity contribution in [1.29, 1.82) is 0 Å². The minimum Gasteiger partial charge on any atom is -0.480 e. The molecule has 150 valence electrons. The predicted octanol–water partition coefficient (Wildman–Crippen LogP) is 4.02. The SMILES string of the molecule is [N-]=[N+]=NC[C@H](F)C[C@H](NC(=O)OCC1c2ccccc2-c2ccccc21)C(=O)O.